The molecule has 1 aromatic heterocycles. The molecule has 1 saturated heterocycles. The zero-order valence-corrected chi connectivity index (χ0v) is 19.7. The van der Waals surface area contributed by atoms with Crippen molar-refractivity contribution in [1.29, 1.82) is 0 Å². The van der Waals surface area contributed by atoms with Crippen LogP contribution in [0.1, 0.15) is 19.4 Å². The van der Waals surface area contributed by atoms with Crippen molar-refractivity contribution < 1.29 is 22.4 Å². The number of oxazole rings is 1. The number of aromatic nitrogens is 1. The molecule has 10 heteroatoms. The van der Waals surface area contributed by atoms with E-state index in [1.165, 1.54) is 22.5 Å². The summed E-state index contributed by atoms with van der Waals surface area (Å²) in [5.74, 6) is -1.31. The molecule has 3 aromatic rings. The number of benzene rings is 2. The molecule has 4 rings (SSSR count). The number of hydrogen-bond donors (Lipinski definition) is 0. The van der Waals surface area contributed by atoms with E-state index >= 15 is 0 Å². The topological polar surface area (TPSA) is 102 Å². The van der Waals surface area contributed by atoms with Gasteiger partial charge in [-0.25, -0.2) is 13.2 Å². The van der Waals surface area contributed by atoms with Crippen LogP contribution >= 0.6 is 0 Å². The van der Waals surface area contributed by atoms with Crippen molar-refractivity contribution in [3.05, 3.63) is 58.6 Å². The Labute approximate surface area is 192 Å². The van der Waals surface area contributed by atoms with Crippen LogP contribution in [0, 0.1) is 6.92 Å². The number of anilines is 1. The molecular weight excluding hydrogens is 446 g/mol. The molecule has 2 heterocycles. The minimum absolute atomic E-state index is 0.0114. The number of esters is 1. The van der Waals surface area contributed by atoms with E-state index in [0.29, 0.717) is 25.2 Å². The van der Waals surface area contributed by atoms with Crippen LogP contribution in [-0.4, -0.2) is 55.5 Å². The average molecular weight is 474 g/mol. The van der Waals surface area contributed by atoms with E-state index in [4.69, 9.17) is 9.15 Å². The lowest BCUT2D eigenvalue weighted by atomic mass is 10.1. The van der Waals surface area contributed by atoms with Gasteiger partial charge in [0.2, 0.25) is 10.0 Å². The summed E-state index contributed by atoms with van der Waals surface area (Å²) in [6, 6.07) is 12.4. The smallest absolute Gasteiger partial charge is 0.420 e. The first kappa shape index (κ1) is 23.1. The van der Waals surface area contributed by atoms with Gasteiger partial charge in [-0.15, -0.1) is 0 Å². The van der Waals surface area contributed by atoms with Crippen LogP contribution in [0.5, 0.6) is 0 Å². The third-order valence-corrected chi connectivity index (χ3v) is 7.65. The number of piperazine rings is 1. The molecule has 0 radical (unpaired) electrons. The number of carbonyl (C=O) groups excluding carboxylic acids is 1. The Morgan fingerprint density at radius 3 is 2.67 bits per heavy atom. The summed E-state index contributed by atoms with van der Waals surface area (Å²) in [4.78, 5) is 26.2. The summed E-state index contributed by atoms with van der Waals surface area (Å²) in [5.41, 5.74) is 2.67. The van der Waals surface area contributed by atoms with Crippen LogP contribution in [0.25, 0.3) is 11.1 Å². The van der Waals surface area contributed by atoms with Crippen LogP contribution in [0.15, 0.2) is 56.6 Å². The van der Waals surface area contributed by atoms with Crippen LogP contribution in [0.2, 0.25) is 0 Å². The number of rotatable bonds is 6. The lowest BCUT2D eigenvalue weighted by Crippen LogP contribution is -2.53. The highest BCUT2D eigenvalue weighted by molar-refractivity contribution is 7.89. The molecule has 2 aromatic carbocycles. The van der Waals surface area contributed by atoms with Gasteiger partial charge < -0.3 is 14.1 Å². The second-order valence-electron chi connectivity index (χ2n) is 8.13. The van der Waals surface area contributed by atoms with E-state index < -0.39 is 21.7 Å². The Hall–Kier alpha value is -3.11. The monoisotopic (exact) mass is 473 g/mol. The SMILES string of the molecule is CCOC(=O)Cn1c(=O)oc2cc(S(=O)(=O)N3CCN(c4cccc(C)c4)[C@@H](C)C3)ccc21. The number of fused-ring (bicyclic) bond motifs is 1. The van der Waals surface area contributed by atoms with E-state index in [9.17, 15) is 18.0 Å². The lowest BCUT2D eigenvalue weighted by molar-refractivity contribution is -0.143. The number of sulfonamides is 1. The minimum Gasteiger partial charge on any atom is -0.465 e. The normalized spacial score (nSPS) is 17.4. The van der Waals surface area contributed by atoms with Crippen molar-refractivity contribution in [3.63, 3.8) is 0 Å². The van der Waals surface area contributed by atoms with Crippen molar-refractivity contribution in [1.82, 2.24) is 8.87 Å². The van der Waals surface area contributed by atoms with Crippen LogP contribution in [0.4, 0.5) is 5.69 Å². The highest BCUT2D eigenvalue weighted by Gasteiger charge is 2.33. The molecule has 1 aliphatic heterocycles. The predicted molar refractivity (Wildman–Crippen MR) is 124 cm³/mol. The van der Waals surface area contributed by atoms with Crippen molar-refractivity contribution in [2.45, 2.75) is 38.3 Å². The number of nitrogens with zero attached hydrogens (tertiary/aromatic N) is 3. The maximum absolute atomic E-state index is 13.3. The Balaban J connectivity index is 1.57. The van der Waals surface area contributed by atoms with Crippen molar-refractivity contribution >= 4 is 32.8 Å². The maximum Gasteiger partial charge on any atom is 0.420 e. The molecular formula is C23H27N3O6S. The summed E-state index contributed by atoms with van der Waals surface area (Å²) in [6.45, 7) is 6.84. The zero-order chi connectivity index (χ0) is 23.8. The molecule has 176 valence electrons. The summed E-state index contributed by atoms with van der Waals surface area (Å²) in [5, 5.41) is 0. The number of carbonyl (C=O) groups is 1. The molecule has 0 amide bonds. The Morgan fingerprint density at radius 1 is 1.18 bits per heavy atom. The highest BCUT2D eigenvalue weighted by atomic mass is 32.2. The Morgan fingerprint density at radius 2 is 1.97 bits per heavy atom. The predicted octanol–water partition coefficient (Wildman–Crippen LogP) is 2.37. The molecule has 0 aliphatic carbocycles. The van der Waals surface area contributed by atoms with Crippen LogP contribution < -0.4 is 10.7 Å². The molecule has 33 heavy (non-hydrogen) atoms. The number of ether oxygens (including phenoxy) is 1. The molecule has 9 nitrogen and oxygen atoms in total. The van der Waals surface area contributed by atoms with Crippen LogP contribution in [0.3, 0.4) is 0 Å². The highest BCUT2D eigenvalue weighted by Crippen LogP contribution is 2.26. The van der Waals surface area contributed by atoms with Gasteiger partial charge in [0.15, 0.2) is 5.58 Å². The fraction of sp³-hybridized carbons (Fsp3) is 0.391. The summed E-state index contributed by atoms with van der Waals surface area (Å²) >= 11 is 0. The summed E-state index contributed by atoms with van der Waals surface area (Å²) in [7, 11) is -3.79. The second-order valence-corrected chi connectivity index (χ2v) is 10.1. The zero-order valence-electron chi connectivity index (χ0n) is 18.9. The summed E-state index contributed by atoms with van der Waals surface area (Å²) in [6.07, 6.45) is 0. The third kappa shape index (κ3) is 4.53. The molecule has 0 N–H and O–H groups in total. The van der Waals surface area contributed by atoms with E-state index in [2.05, 4.69) is 11.0 Å². The van der Waals surface area contributed by atoms with Crippen molar-refractivity contribution in [2.75, 3.05) is 31.1 Å². The molecule has 1 aliphatic rings. The van der Waals surface area contributed by atoms with Gasteiger partial charge in [-0.2, -0.15) is 4.31 Å². The van der Waals surface area contributed by atoms with Gasteiger partial charge in [0.25, 0.3) is 0 Å². The molecule has 0 bridgehead atoms. The number of hydrogen-bond acceptors (Lipinski definition) is 7. The molecule has 1 fully saturated rings. The molecule has 0 spiro atoms. The Bertz CT molecular complexity index is 1340. The average Bonchev–Trinajstić information content (AvgIpc) is 3.08. The van der Waals surface area contributed by atoms with Gasteiger partial charge in [-0.3, -0.25) is 9.36 Å². The Kier molecular flexibility index (Phi) is 6.31. The van der Waals surface area contributed by atoms with Crippen molar-refractivity contribution in [2.24, 2.45) is 0 Å². The first-order valence-electron chi connectivity index (χ1n) is 10.8. The summed E-state index contributed by atoms with van der Waals surface area (Å²) < 4.78 is 39.4. The molecule has 1 atom stereocenters. The maximum atomic E-state index is 13.3. The third-order valence-electron chi connectivity index (χ3n) is 5.79. The van der Waals surface area contributed by atoms with Gasteiger partial charge in [0.1, 0.15) is 6.54 Å². The first-order chi connectivity index (χ1) is 15.7. The van der Waals surface area contributed by atoms with Gasteiger partial charge >= 0.3 is 11.7 Å². The quantitative estimate of drug-likeness (QED) is 0.507. The first-order valence-corrected chi connectivity index (χ1v) is 12.3. The fourth-order valence-electron chi connectivity index (χ4n) is 4.17. The largest absolute Gasteiger partial charge is 0.465 e. The van der Waals surface area contributed by atoms with Crippen LogP contribution in [-0.2, 0) is 26.1 Å². The van der Waals surface area contributed by atoms with Gasteiger partial charge in [0.05, 0.1) is 17.0 Å². The van der Waals surface area contributed by atoms with Gasteiger partial charge in [0, 0.05) is 37.4 Å². The van der Waals surface area contributed by atoms with E-state index in [-0.39, 0.29) is 29.7 Å². The van der Waals surface area contributed by atoms with E-state index in [0.717, 1.165) is 15.8 Å². The standard InChI is InChI=1S/C23H27N3O6S/c1-4-31-22(27)15-26-20-9-8-19(13-21(20)32-23(26)28)33(29,30)24-10-11-25(17(3)14-24)18-7-5-6-16(2)12-18/h5-9,12-13,17H,4,10-11,14-15H2,1-3H3/t17-/m0/s1. The molecule has 0 unspecified atom stereocenters. The lowest BCUT2D eigenvalue weighted by Gasteiger charge is -2.40. The minimum atomic E-state index is -3.79. The second kappa shape index (κ2) is 9.03. The van der Waals surface area contributed by atoms with Gasteiger partial charge in [-0.05, 0) is 50.6 Å². The van der Waals surface area contributed by atoms with E-state index in [1.54, 1.807) is 6.92 Å². The molecule has 0 saturated carbocycles. The van der Waals surface area contributed by atoms with E-state index in [1.807, 2.05) is 32.0 Å². The fourth-order valence-corrected chi connectivity index (χ4v) is 5.70. The van der Waals surface area contributed by atoms with Crippen molar-refractivity contribution in [3.8, 4) is 0 Å². The number of aryl methyl sites for hydroxylation is 1. The van der Waals surface area contributed by atoms with Gasteiger partial charge in [-0.1, -0.05) is 12.1 Å².